The van der Waals surface area contributed by atoms with E-state index in [1.165, 1.54) is 0 Å². The molecule has 66 valence electrons. The standard InChI is InChI=1S/C6H11N5O/c1-11-4-5(2-9-11)8-3-6(7)10-12/h2,4,8,12H,3H2,1H3,(H2,7,10). The van der Waals surface area contributed by atoms with Crippen LogP contribution < -0.4 is 11.1 Å². The minimum absolute atomic E-state index is 0.138. The molecule has 6 heteroatoms. The van der Waals surface area contributed by atoms with Gasteiger partial charge in [0.2, 0.25) is 0 Å². The Balaban J connectivity index is 2.43. The Morgan fingerprint density at radius 3 is 3.17 bits per heavy atom. The maximum atomic E-state index is 8.22. The van der Waals surface area contributed by atoms with Gasteiger partial charge in [0, 0.05) is 13.2 Å². The largest absolute Gasteiger partial charge is 0.409 e. The molecule has 0 fully saturated rings. The van der Waals surface area contributed by atoms with Gasteiger partial charge in [0.25, 0.3) is 0 Å². The molecule has 6 nitrogen and oxygen atoms in total. The van der Waals surface area contributed by atoms with Crippen molar-refractivity contribution < 1.29 is 5.21 Å². The predicted molar refractivity (Wildman–Crippen MR) is 45.1 cm³/mol. The summed E-state index contributed by atoms with van der Waals surface area (Å²) in [5.74, 6) is 0.138. The molecule has 12 heavy (non-hydrogen) atoms. The lowest BCUT2D eigenvalue weighted by Gasteiger charge is -1.99. The highest BCUT2D eigenvalue weighted by Gasteiger charge is 1.95. The van der Waals surface area contributed by atoms with Crippen molar-refractivity contribution in [3.63, 3.8) is 0 Å². The quantitative estimate of drug-likeness (QED) is 0.248. The minimum Gasteiger partial charge on any atom is -0.409 e. The maximum Gasteiger partial charge on any atom is 0.158 e. The van der Waals surface area contributed by atoms with Crippen molar-refractivity contribution in [3.05, 3.63) is 12.4 Å². The molecule has 1 rings (SSSR count). The van der Waals surface area contributed by atoms with Crippen molar-refractivity contribution in [2.24, 2.45) is 17.9 Å². The first-order valence-electron chi connectivity index (χ1n) is 3.41. The van der Waals surface area contributed by atoms with Gasteiger partial charge in [-0.05, 0) is 0 Å². The SMILES string of the molecule is Cn1cc(NCC(N)=NO)cn1. The fourth-order valence-corrected chi connectivity index (χ4v) is 0.740. The van der Waals surface area contributed by atoms with Gasteiger partial charge in [0.05, 0.1) is 18.4 Å². The summed E-state index contributed by atoms with van der Waals surface area (Å²) >= 11 is 0. The van der Waals surface area contributed by atoms with Crippen LogP contribution in [0.2, 0.25) is 0 Å². The van der Waals surface area contributed by atoms with Gasteiger partial charge in [0.1, 0.15) is 0 Å². The molecule has 1 heterocycles. The Labute approximate surface area is 69.7 Å². The summed E-state index contributed by atoms with van der Waals surface area (Å²) in [6.45, 7) is 0.308. The second kappa shape index (κ2) is 3.61. The van der Waals surface area contributed by atoms with Gasteiger partial charge in [-0.15, -0.1) is 0 Å². The third-order valence-electron chi connectivity index (χ3n) is 1.31. The molecular formula is C6H11N5O. The summed E-state index contributed by atoms with van der Waals surface area (Å²) < 4.78 is 1.66. The summed E-state index contributed by atoms with van der Waals surface area (Å²) in [5.41, 5.74) is 6.08. The van der Waals surface area contributed by atoms with Gasteiger partial charge in [-0.1, -0.05) is 5.16 Å². The fraction of sp³-hybridized carbons (Fsp3) is 0.333. The highest BCUT2D eigenvalue weighted by molar-refractivity contribution is 5.83. The van der Waals surface area contributed by atoms with Crippen LogP contribution in [0.4, 0.5) is 5.69 Å². The molecule has 0 spiro atoms. The third-order valence-corrected chi connectivity index (χ3v) is 1.31. The normalized spacial score (nSPS) is 11.6. The molecule has 0 unspecified atom stereocenters. The van der Waals surface area contributed by atoms with Crippen LogP contribution in [0.25, 0.3) is 0 Å². The topological polar surface area (TPSA) is 88.5 Å². The zero-order valence-corrected chi connectivity index (χ0v) is 6.73. The maximum absolute atomic E-state index is 8.22. The summed E-state index contributed by atoms with van der Waals surface area (Å²) in [7, 11) is 1.81. The Morgan fingerprint density at radius 1 is 1.92 bits per heavy atom. The van der Waals surface area contributed by atoms with Gasteiger partial charge in [-0.2, -0.15) is 5.10 Å². The minimum atomic E-state index is 0.138. The number of aryl methyl sites for hydroxylation is 1. The smallest absolute Gasteiger partial charge is 0.158 e. The number of rotatable bonds is 3. The first kappa shape index (κ1) is 8.38. The molecule has 0 aliphatic heterocycles. The van der Waals surface area contributed by atoms with E-state index in [9.17, 15) is 0 Å². The Hall–Kier alpha value is -1.72. The number of oxime groups is 1. The van der Waals surface area contributed by atoms with Gasteiger partial charge in [0.15, 0.2) is 5.84 Å². The molecule has 0 saturated heterocycles. The van der Waals surface area contributed by atoms with Crippen LogP contribution >= 0.6 is 0 Å². The van der Waals surface area contributed by atoms with E-state index < -0.39 is 0 Å². The number of hydrogen-bond donors (Lipinski definition) is 3. The molecule has 0 amide bonds. The molecule has 0 atom stereocenters. The number of amidine groups is 1. The first-order valence-corrected chi connectivity index (χ1v) is 3.41. The molecule has 1 aromatic rings. The van der Waals surface area contributed by atoms with Crippen LogP contribution in [0.5, 0.6) is 0 Å². The summed E-state index contributed by atoms with van der Waals surface area (Å²) in [6, 6.07) is 0. The predicted octanol–water partition coefficient (Wildman–Crippen LogP) is -0.422. The number of anilines is 1. The molecule has 0 bridgehead atoms. The number of nitrogens with two attached hydrogens (primary N) is 1. The van der Waals surface area contributed by atoms with Crippen LogP contribution in [0.3, 0.4) is 0 Å². The lowest BCUT2D eigenvalue weighted by molar-refractivity contribution is 0.317. The van der Waals surface area contributed by atoms with Crippen molar-refractivity contribution in [2.45, 2.75) is 0 Å². The Bertz CT molecular complexity index is 279. The van der Waals surface area contributed by atoms with E-state index in [-0.39, 0.29) is 5.84 Å². The van der Waals surface area contributed by atoms with E-state index in [1.54, 1.807) is 17.1 Å². The molecule has 0 saturated carbocycles. The van der Waals surface area contributed by atoms with Crippen LogP contribution in [0.1, 0.15) is 0 Å². The fourth-order valence-electron chi connectivity index (χ4n) is 0.740. The van der Waals surface area contributed by atoms with Crippen LogP contribution in [0.15, 0.2) is 17.5 Å². The average molecular weight is 169 g/mol. The van der Waals surface area contributed by atoms with E-state index in [0.717, 1.165) is 5.69 Å². The highest BCUT2D eigenvalue weighted by atomic mass is 16.4. The van der Waals surface area contributed by atoms with E-state index >= 15 is 0 Å². The van der Waals surface area contributed by atoms with E-state index in [1.807, 2.05) is 7.05 Å². The second-order valence-electron chi connectivity index (χ2n) is 2.35. The van der Waals surface area contributed by atoms with Crippen molar-refractivity contribution in [1.82, 2.24) is 9.78 Å². The monoisotopic (exact) mass is 169 g/mol. The van der Waals surface area contributed by atoms with Crippen molar-refractivity contribution in [1.29, 1.82) is 0 Å². The summed E-state index contributed by atoms with van der Waals surface area (Å²) in [4.78, 5) is 0. The lowest BCUT2D eigenvalue weighted by atomic mass is 10.5. The van der Waals surface area contributed by atoms with Crippen molar-refractivity contribution >= 4 is 11.5 Å². The third kappa shape index (κ3) is 2.15. The van der Waals surface area contributed by atoms with Gasteiger partial charge in [-0.25, -0.2) is 0 Å². The van der Waals surface area contributed by atoms with Gasteiger partial charge < -0.3 is 16.3 Å². The number of nitrogens with zero attached hydrogens (tertiary/aromatic N) is 3. The van der Waals surface area contributed by atoms with Crippen LogP contribution in [0, 0.1) is 0 Å². The van der Waals surface area contributed by atoms with Crippen molar-refractivity contribution in [3.8, 4) is 0 Å². The zero-order valence-electron chi connectivity index (χ0n) is 6.73. The van der Waals surface area contributed by atoms with Gasteiger partial charge in [-0.3, -0.25) is 4.68 Å². The molecule has 0 aromatic carbocycles. The van der Waals surface area contributed by atoms with E-state index in [0.29, 0.717) is 6.54 Å². The Kier molecular flexibility index (Phi) is 2.52. The second-order valence-corrected chi connectivity index (χ2v) is 2.35. The zero-order chi connectivity index (χ0) is 8.97. The molecule has 0 radical (unpaired) electrons. The molecule has 0 aliphatic carbocycles. The molecule has 4 N–H and O–H groups in total. The number of nitrogens with one attached hydrogen (secondary N) is 1. The summed E-state index contributed by atoms with van der Waals surface area (Å²) in [6.07, 6.45) is 3.45. The number of hydrogen-bond acceptors (Lipinski definition) is 4. The van der Waals surface area contributed by atoms with Crippen LogP contribution in [-0.4, -0.2) is 27.4 Å². The first-order chi connectivity index (χ1) is 5.72. The average Bonchev–Trinajstić information content (AvgIpc) is 2.47. The molecular weight excluding hydrogens is 158 g/mol. The lowest BCUT2D eigenvalue weighted by Crippen LogP contribution is -2.22. The summed E-state index contributed by atoms with van der Waals surface area (Å²) in [5, 5.41) is 17.9. The van der Waals surface area contributed by atoms with E-state index in [4.69, 9.17) is 10.9 Å². The van der Waals surface area contributed by atoms with Crippen molar-refractivity contribution in [2.75, 3.05) is 11.9 Å². The van der Waals surface area contributed by atoms with E-state index in [2.05, 4.69) is 15.6 Å². The molecule has 0 aliphatic rings. The highest BCUT2D eigenvalue weighted by Crippen LogP contribution is 2.01. The number of aromatic nitrogens is 2. The van der Waals surface area contributed by atoms with Crippen LogP contribution in [-0.2, 0) is 7.05 Å². The molecule has 1 aromatic heterocycles. The van der Waals surface area contributed by atoms with Gasteiger partial charge >= 0.3 is 0 Å². The Morgan fingerprint density at radius 2 is 2.67 bits per heavy atom.